The fraction of sp³-hybridized carbons (Fsp3) is 0.871. The molecule has 102 heavy (non-hydrogen) atoms. The summed E-state index contributed by atoms with van der Waals surface area (Å²) in [7, 11) is 0. The Hall–Kier alpha value is -4.69. The Balaban J connectivity index is 0.0000354. The molecule has 14 N–H and O–H groups in total. The molecule has 0 saturated carbocycles. The van der Waals surface area contributed by atoms with Crippen molar-refractivity contribution in [3.63, 3.8) is 0 Å². The van der Waals surface area contributed by atoms with Gasteiger partial charge in [-0.2, -0.15) is 0 Å². The van der Waals surface area contributed by atoms with Crippen LogP contribution in [0.3, 0.4) is 0 Å². The summed E-state index contributed by atoms with van der Waals surface area (Å²) in [4.78, 5) is 112. The lowest BCUT2D eigenvalue weighted by molar-refractivity contribution is -0.270. The van der Waals surface area contributed by atoms with Gasteiger partial charge in [-0.3, -0.25) is 43.2 Å². The van der Waals surface area contributed by atoms with Crippen molar-refractivity contribution in [1.29, 1.82) is 0 Å². The monoisotopic (exact) mass is 1470 g/mol. The summed E-state index contributed by atoms with van der Waals surface area (Å²) in [6, 6.07) is -3.17. The molecule has 3 fully saturated rings. The van der Waals surface area contributed by atoms with Crippen LogP contribution in [0.15, 0.2) is 0 Å². The van der Waals surface area contributed by atoms with E-state index in [9.17, 15) is 89.1 Å². The van der Waals surface area contributed by atoms with Gasteiger partial charge in [0, 0.05) is 123 Å². The molecular formula is C70H125N5O27. The van der Waals surface area contributed by atoms with Crippen LogP contribution in [0.25, 0.3) is 0 Å². The average molecular weight is 1470 g/mol. The van der Waals surface area contributed by atoms with E-state index in [-0.39, 0.29) is 140 Å². The van der Waals surface area contributed by atoms with E-state index in [0.717, 1.165) is 0 Å². The fourth-order valence-electron chi connectivity index (χ4n) is 12.1. The van der Waals surface area contributed by atoms with E-state index in [1.807, 2.05) is 13.8 Å². The van der Waals surface area contributed by atoms with Crippen LogP contribution in [0.2, 0.25) is 0 Å². The molecule has 0 spiro atoms. The summed E-state index contributed by atoms with van der Waals surface area (Å²) < 4.78 is 52.4. The minimum absolute atomic E-state index is 0. The Bertz CT molecular complexity index is 2170. The van der Waals surface area contributed by atoms with Crippen LogP contribution in [-0.4, -0.2) is 283 Å². The van der Waals surface area contributed by atoms with Gasteiger partial charge in [0.05, 0.1) is 59.5 Å². The van der Waals surface area contributed by atoms with E-state index < -0.39 is 135 Å². The molecule has 0 bridgehead atoms. The number of nitrogens with one attached hydrogen (secondary N) is 5. The number of ketones is 4. The third kappa shape index (κ3) is 37.5. The van der Waals surface area contributed by atoms with E-state index in [2.05, 4.69) is 26.6 Å². The Morgan fingerprint density at radius 3 is 0.971 bits per heavy atom. The second-order valence-electron chi connectivity index (χ2n) is 27.1. The van der Waals surface area contributed by atoms with Gasteiger partial charge >= 0.3 is 0 Å². The molecule has 3 aliphatic rings. The SMILES string of the molecule is C.CC(=O)NC1[C@H](OCCCCC(=O)CCCCCC(=O)CCOCC(COCCC(=O)CCCCNC(=O)CCCCO[C@@H]2OC(CO)[C@H](O)[C@H](O)C2NC(C)=O)(COCCC(=O)NCCCCC(=O)CCCCO[C@@H]2OC(CO)[C@H](O)[C@H](O)C2NC(C)=O)CC(C)C)OC(CO)[C@H](O)[C@@H]1O. The number of rotatable bonds is 57. The number of aliphatic hydroxyl groups excluding tert-OH is 9. The quantitative estimate of drug-likeness (QED) is 0.0358. The molecule has 0 aromatic carbocycles. The van der Waals surface area contributed by atoms with E-state index in [1.165, 1.54) is 20.8 Å². The minimum atomic E-state index is -1.43. The Kier molecular flexibility index (Phi) is 48.7. The highest BCUT2D eigenvalue weighted by molar-refractivity contribution is 5.80. The zero-order chi connectivity index (χ0) is 74.7. The van der Waals surface area contributed by atoms with Crippen LogP contribution >= 0.6 is 0 Å². The summed E-state index contributed by atoms with van der Waals surface area (Å²) in [5.41, 5.74) is -0.711. The largest absolute Gasteiger partial charge is 0.394 e. The number of carbonyl (C=O) groups is 9. The maximum absolute atomic E-state index is 13.0. The molecule has 0 aromatic rings. The number of amides is 5. The molecule has 7 unspecified atom stereocenters. The molecule has 3 heterocycles. The molecule has 3 aliphatic heterocycles. The van der Waals surface area contributed by atoms with Crippen LogP contribution in [0.4, 0.5) is 0 Å². The van der Waals surface area contributed by atoms with Gasteiger partial charge in [0.2, 0.25) is 29.5 Å². The van der Waals surface area contributed by atoms with Crippen LogP contribution in [0.1, 0.15) is 196 Å². The third-order valence-corrected chi connectivity index (χ3v) is 17.5. The molecular weight excluding hydrogens is 1340 g/mol. The molecule has 3 saturated heterocycles. The van der Waals surface area contributed by atoms with Gasteiger partial charge in [-0.1, -0.05) is 27.7 Å². The molecule has 0 aliphatic carbocycles. The molecule has 3 rings (SSSR count). The summed E-state index contributed by atoms with van der Waals surface area (Å²) in [6.07, 6.45) is -5.15. The zero-order valence-corrected chi connectivity index (χ0v) is 60.0. The number of carbonyl (C=O) groups excluding carboxylic acids is 9. The Morgan fingerprint density at radius 1 is 0.373 bits per heavy atom. The average Bonchev–Trinajstić information content (AvgIpc) is 0.821. The molecule has 5 amide bonds. The van der Waals surface area contributed by atoms with Crippen LogP contribution in [-0.2, 0) is 85.8 Å². The van der Waals surface area contributed by atoms with Crippen molar-refractivity contribution in [1.82, 2.24) is 26.6 Å². The summed E-state index contributed by atoms with van der Waals surface area (Å²) in [5, 5.41) is 104. The van der Waals surface area contributed by atoms with Gasteiger partial charge in [-0.15, -0.1) is 0 Å². The predicted molar refractivity (Wildman–Crippen MR) is 367 cm³/mol. The van der Waals surface area contributed by atoms with Crippen molar-refractivity contribution in [2.75, 3.05) is 92.4 Å². The van der Waals surface area contributed by atoms with Crippen molar-refractivity contribution < 1.29 is 132 Å². The van der Waals surface area contributed by atoms with Gasteiger partial charge in [-0.25, -0.2) is 0 Å². The number of ether oxygens (including phenoxy) is 9. The van der Waals surface area contributed by atoms with Crippen LogP contribution in [0, 0.1) is 11.3 Å². The standard InChI is InChI=1S/C69H121N5O27.CH4/c1-44(2)37-69(41-93-34-26-50(83)20-8-6-7-19-48(81)23-11-16-31-96-66-57(72-45(3)78)63(90)60(87)52(38-75)99-66,42-94-35-27-51(84)22-10-15-29-70-55(85)25-13-18-33-98-68-59(74-47(5)80)65(92)62(89)54(40-77)101-68)43-95-36-28-56(86)71-30-14-9-21-49(82)24-12-17-32-97-67-58(73-46(4)79)64(91)61(88)53(39-76)100-67;/h44,52-54,57-68,75-77,87-92H,6-43H2,1-5H3,(H,70,85)(H,71,86)(H,72,78)(H,73,79)(H,74,80);1H4/t52?,53?,54?,57?,58?,59?,60-,61-,62-,63+,64+,65+,66+,67+,68+,69?;/m0./s1. The second kappa shape index (κ2) is 53.1. The van der Waals surface area contributed by atoms with E-state index in [4.69, 9.17) is 42.6 Å². The number of unbranched alkanes of at least 4 members (excludes halogenated alkanes) is 7. The lowest BCUT2D eigenvalue weighted by Crippen LogP contribution is -2.64. The van der Waals surface area contributed by atoms with Crippen molar-refractivity contribution in [2.45, 2.75) is 288 Å². The van der Waals surface area contributed by atoms with Gasteiger partial charge in [0.25, 0.3) is 0 Å². The first kappa shape index (κ1) is 93.4. The molecule has 592 valence electrons. The van der Waals surface area contributed by atoms with Gasteiger partial charge in [-0.05, 0) is 89.4 Å². The highest BCUT2D eigenvalue weighted by atomic mass is 16.7. The van der Waals surface area contributed by atoms with E-state index in [1.54, 1.807) is 0 Å². The Labute approximate surface area is 600 Å². The van der Waals surface area contributed by atoms with Crippen LogP contribution < -0.4 is 26.6 Å². The van der Waals surface area contributed by atoms with Gasteiger partial charge in [0.1, 0.15) is 96.2 Å². The number of Topliss-reactive ketones (excluding diaryl/α,β-unsaturated/α-hetero) is 4. The molecule has 32 nitrogen and oxygen atoms in total. The minimum Gasteiger partial charge on any atom is -0.394 e. The first-order valence-electron chi connectivity index (χ1n) is 36.1. The summed E-state index contributed by atoms with van der Waals surface area (Å²) >= 11 is 0. The molecule has 32 heteroatoms. The maximum Gasteiger partial charge on any atom is 0.222 e. The lowest BCUT2D eigenvalue weighted by atomic mass is 9.82. The normalized spacial score (nSPS) is 25.5. The third-order valence-electron chi connectivity index (χ3n) is 17.5. The molecule has 0 aromatic heterocycles. The lowest BCUT2D eigenvalue weighted by Gasteiger charge is -2.42. The van der Waals surface area contributed by atoms with Crippen LogP contribution in [0.5, 0.6) is 0 Å². The molecule has 0 radical (unpaired) electrons. The first-order valence-corrected chi connectivity index (χ1v) is 36.1. The Morgan fingerprint density at radius 2 is 0.657 bits per heavy atom. The first-order chi connectivity index (χ1) is 48.2. The van der Waals surface area contributed by atoms with E-state index in [0.29, 0.717) is 135 Å². The highest BCUT2D eigenvalue weighted by Gasteiger charge is 2.48. The summed E-state index contributed by atoms with van der Waals surface area (Å²) in [6.45, 7) is 8.09. The summed E-state index contributed by atoms with van der Waals surface area (Å²) in [5.74, 6) is -1.56. The molecule has 16 atom stereocenters. The highest BCUT2D eigenvalue weighted by Crippen LogP contribution is 2.30. The second-order valence-corrected chi connectivity index (χ2v) is 27.1. The van der Waals surface area contributed by atoms with Crippen molar-refractivity contribution in [3.05, 3.63) is 0 Å². The fourth-order valence-corrected chi connectivity index (χ4v) is 12.1. The smallest absolute Gasteiger partial charge is 0.222 e. The number of hydrogen-bond donors (Lipinski definition) is 14. The van der Waals surface area contributed by atoms with E-state index >= 15 is 0 Å². The topological polar surface area (TPSA) is 479 Å². The number of hydrogen-bond acceptors (Lipinski definition) is 27. The predicted octanol–water partition coefficient (Wildman–Crippen LogP) is 0.0668. The van der Waals surface area contributed by atoms with Gasteiger partial charge < -0.3 is 115 Å². The maximum atomic E-state index is 13.0. The van der Waals surface area contributed by atoms with Gasteiger partial charge in [0.15, 0.2) is 18.9 Å². The zero-order valence-electron chi connectivity index (χ0n) is 60.0. The van der Waals surface area contributed by atoms with Crippen molar-refractivity contribution >= 4 is 52.7 Å². The number of aliphatic hydroxyl groups is 9. The van der Waals surface area contributed by atoms with Crippen molar-refractivity contribution in [3.8, 4) is 0 Å². The van der Waals surface area contributed by atoms with Crippen molar-refractivity contribution in [2.24, 2.45) is 11.3 Å².